The van der Waals surface area contributed by atoms with Crippen LogP contribution in [0.15, 0.2) is 71.6 Å². The Morgan fingerprint density at radius 1 is 0.909 bits per heavy atom. The number of rotatable bonds is 6. The molecule has 0 heterocycles. The summed E-state index contributed by atoms with van der Waals surface area (Å²) >= 11 is 0. The molecule has 0 fully saturated rings. The first-order chi connectivity index (χ1) is 15.4. The average molecular weight is 465 g/mol. The maximum atomic E-state index is 13.0. The molecule has 0 aliphatic heterocycles. The molecule has 174 valence electrons. The lowest BCUT2D eigenvalue weighted by atomic mass is 9.86. The highest BCUT2D eigenvalue weighted by Crippen LogP contribution is 2.25. The van der Waals surface area contributed by atoms with Crippen LogP contribution in [0.3, 0.4) is 0 Å². The van der Waals surface area contributed by atoms with Gasteiger partial charge in [-0.2, -0.15) is 0 Å². The van der Waals surface area contributed by atoms with Crippen LogP contribution < -0.4 is 10.0 Å². The summed E-state index contributed by atoms with van der Waals surface area (Å²) in [6, 6.07) is 19.8. The zero-order chi connectivity index (χ0) is 24.4. The van der Waals surface area contributed by atoms with Crippen LogP contribution in [-0.2, 0) is 15.4 Å². The Morgan fingerprint density at radius 3 is 2.18 bits per heavy atom. The van der Waals surface area contributed by atoms with Gasteiger partial charge in [0, 0.05) is 11.3 Å². The highest BCUT2D eigenvalue weighted by atomic mass is 32.2. The molecule has 6 heteroatoms. The van der Waals surface area contributed by atoms with Gasteiger partial charge in [0.15, 0.2) is 0 Å². The molecule has 5 nitrogen and oxygen atoms in total. The molecule has 3 aromatic rings. The Kier molecular flexibility index (Phi) is 6.98. The Hall–Kier alpha value is -3.12. The van der Waals surface area contributed by atoms with Gasteiger partial charge in [-0.15, -0.1) is 0 Å². The first-order valence-electron chi connectivity index (χ1n) is 11.0. The van der Waals surface area contributed by atoms with Gasteiger partial charge >= 0.3 is 0 Å². The largest absolute Gasteiger partial charge is 0.346 e. The second-order valence-electron chi connectivity index (χ2n) is 9.52. The second-order valence-corrected chi connectivity index (χ2v) is 11.2. The minimum absolute atomic E-state index is 0.0568. The van der Waals surface area contributed by atoms with Crippen molar-refractivity contribution in [2.45, 2.75) is 57.9 Å². The van der Waals surface area contributed by atoms with Gasteiger partial charge in [0.2, 0.25) is 0 Å². The van der Waals surface area contributed by atoms with Crippen molar-refractivity contribution in [1.29, 1.82) is 0 Å². The van der Waals surface area contributed by atoms with E-state index in [9.17, 15) is 13.2 Å². The highest BCUT2D eigenvalue weighted by Gasteiger charge is 2.21. The molecule has 0 radical (unpaired) electrons. The van der Waals surface area contributed by atoms with E-state index in [0.29, 0.717) is 16.8 Å². The van der Waals surface area contributed by atoms with Gasteiger partial charge in [-0.3, -0.25) is 9.52 Å². The van der Waals surface area contributed by atoms with Gasteiger partial charge in [0.25, 0.3) is 15.9 Å². The highest BCUT2D eigenvalue weighted by molar-refractivity contribution is 7.92. The third-order valence-corrected chi connectivity index (χ3v) is 7.16. The predicted octanol–water partition coefficient (Wildman–Crippen LogP) is 5.89. The normalized spacial score (nSPS) is 12.8. The quantitative estimate of drug-likeness (QED) is 0.477. The summed E-state index contributed by atoms with van der Waals surface area (Å²) in [5.74, 6) is -0.325. The van der Waals surface area contributed by atoms with E-state index in [1.165, 1.54) is 11.6 Å². The standard InChI is InChI=1S/C27H32N2O3S/c1-18-8-7-9-24(16-18)29-33(31,32)25-17-22(11-10-19(25)2)26(30)28-20(3)21-12-14-23(15-13-21)27(4,5)6/h7-17,20,29H,1-6H3,(H,28,30)/t20-/m1/s1. The number of amides is 1. The molecule has 3 aromatic carbocycles. The number of sulfonamides is 1. The molecule has 2 N–H and O–H groups in total. The van der Waals surface area contributed by atoms with Gasteiger partial charge in [-0.25, -0.2) is 8.42 Å². The predicted molar refractivity (Wildman–Crippen MR) is 134 cm³/mol. The fraction of sp³-hybridized carbons (Fsp3) is 0.296. The van der Waals surface area contributed by atoms with Gasteiger partial charge in [-0.05, 0) is 72.7 Å². The smallest absolute Gasteiger partial charge is 0.262 e. The van der Waals surface area contributed by atoms with E-state index in [2.05, 4.69) is 42.9 Å². The van der Waals surface area contributed by atoms with Crippen LogP contribution in [0, 0.1) is 13.8 Å². The minimum Gasteiger partial charge on any atom is -0.346 e. The number of carbonyl (C=O) groups is 1. The first kappa shape index (κ1) is 24.5. The number of aryl methyl sites for hydroxylation is 2. The lowest BCUT2D eigenvalue weighted by Gasteiger charge is -2.21. The van der Waals surface area contributed by atoms with Crippen molar-refractivity contribution in [1.82, 2.24) is 5.32 Å². The lowest BCUT2D eigenvalue weighted by Crippen LogP contribution is -2.27. The van der Waals surface area contributed by atoms with Crippen LogP contribution in [-0.4, -0.2) is 14.3 Å². The van der Waals surface area contributed by atoms with Crippen LogP contribution in [0.5, 0.6) is 0 Å². The molecule has 3 rings (SSSR count). The van der Waals surface area contributed by atoms with Crippen molar-refractivity contribution in [3.63, 3.8) is 0 Å². The van der Waals surface area contributed by atoms with E-state index < -0.39 is 10.0 Å². The Labute approximate surface area is 197 Å². The summed E-state index contributed by atoms with van der Waals surface area (Å²) in [6.07, 6.45) is 0. The molecular weight excluding hydrogens is 432 g/mol. The SMILES string of the molecule is Cc1cccc(NS(=O)(=O)c2cc(C(=O)N[C@H](C)c3ccc(C(C)(C)C)cc3)ccc2C)c1. The number of nitrogens with one attached hydrogen (secondary N) is 2. The van der Waals surface area contributed by atoms with E-state index in [1.54, 1.807) is 37.3 Å². The molecule has 1 amide bonds. The van der Waals surface area contributed by atoms with Crippen molar-refractivity contribution < 1.29 is 13.2 Å². The molecule has 1 atom stereocenters. The molecule has 0 saturated carbocycles. The Bertz CT molecular complexity index is 1260. The summed E-state index contributed by atoms with van der Waals surface area (Å²) < 4.78 is 28.7. The van der Waals surface area contributed by atoms with E-state index in [4.69, 9.17) is 0 Å². The minimum atomic E-state index is -3.85. The van der Waals surface area contributed by atoms with Gasteiger partial charge in [0.05, 0.1) is 10.9 Å². The van der Waals surface area contributed by atoms with Crippen LogP contribution >= 0.6 is 0 Å². The van der Waals surface area contributed by atoms with Crippen molar-refractivity contribution in [3.05, 3.63) is 94.5 Å². The average Bonchev–Trinajstić information content (AvgIpc) is 2.73. The van der Waals surface area contributed by atoms with E-state index in [0.717, 1.165) is 11.1 Å². The summed E-state index contributed by atoms with van der Waals surface area (Å²) in [4.78, 5) is 13.0. The molecule has 0 aliphatic carbocycles. The van der Waals surface area contributed by atoms with Gasteiger partial charge in [0.1, 0.15) is 0 Å². The van der Waals surface area contributed by atoms with Crippen LogP contribution in [0.2, 0.25) is 0 Å². The lowest BCUT2D eigenvalue weighted by molar-refractivity contribution is 0.0939. The maximum absolute atomic E-state index is 13.0. The molecule has 0 aliphatic rings. The van der Waals surface area contributed by atoms with Crippen molar-refractivity contribution >= 4 is 21.6 Å². The molecule has 33 heavy (non-hydrogen) atoms. The Balaban J connectivity index is 1.80. The fourth-order valence-corrected chi connectivity index (χ4v) is 4.91. The zero-order valence-corrected chi connectivity index (χ0v) is 20.9. The molecule has 0 aromatic heterocycles. The van der Waals surface area contributed by atoms with Crippen LogP contribution in [0.25, 0.3) is 0 Å². The van der Waals surface area contributed by atoms with Crippen molar-refractivity contribution in [2.75, 3.05) is 4.72 Å². The van der Waals surface area contributed by atoms with Crippen molar-refractivity contribution in [2.24, 2.45) is 0 Å². The van der Waals surface area contributed by atoms with Crippen molar-refractivity contribution in [3.8, 4) is 0 Å². The van der Waals surface area contributed by atoms with Crippen LogP contribution in [0.4, 0.5) is 5.69 Å². The molecule has 0 unspecified atom stereocenters. The topological polar surface area (TPSA) is 75.3 Å². The number of anilines is 1. The monoisotopic (exact) mass is 464 g/mol. The number of carbonyl (C=O) groups excluding carboxylic acids is 1. The maximum Gasteiger partial charge on any atom is 0.262 e. The third-order valence-electron chi connectivity index (χ3n) is 5.63. The fourth-order valence-electron chi connectivity index (χ4n) is 3.58. The van der Waals surface area contributed by atoms with E-state index in [-0.39, 0.29) is 22.3 Å². The molecule has 0 bridgehead atoms. The van der Waals surface area contributed by atoms with Crippen LogP contribution in [0.1, 0.15) is 66.3 Å². The first-order valence-corrected chi connectivity index (χ1v) is 12.5. The third kappa shape index (κ3) is 6.02. The van der Waals surface area contributed by atoms with Gasteiger partial charge < -0.3 is 5.32 Å². The molecule has 0 saturated heterocycles. The summed E-state index contributed by atoms with van der Waals surface area (Å²) in [5.41, 5.74) is 4.56. The van der Waals surface area contributed by atoms with E-state index >= 15 is 0 Å². The summed E-state index contributed by atoms with van der Waals surface area (Å²) in [6.45, 7) is 12.0. The van der Waals surface area contributed by atoms with Gasteiger partial charge in [-0.1, -0.05) is 63.2 Å². The second kappa shape index (κ2) is 9.40. The summed E-state index contributed by atoms with van der Waals surface area (Å²) in [7, 11) is -3.85. The Morgan fingerprint density at radius 2 is 1.58 bits per heavy atom. The molecular formula is C27H32N2O3S. The van der Waals surface area contributed by atoms with E-state index in [1.807, 2.05) is 32.0 Å². The molecule has 0 spiro atoms. The number of hydrogen-bond acceptors (Lipinski definition) is 3. The number of benzene rings is 3. The zero-order valence-electron chi connectivity index (χ0n) is 20.1. The number of hydrogen-bond donors (Lipinski definition) is 2. The summed E-state index contributed by atoms with van der Waals surface area (Å²) in [5, 5.41) is 2.97.